The minimum absolute atomic E-state index is 0.159. The van der Waals surface area contributed by atoms with Gasteiger partial charge in [0.15, 0.2) is 5.78 Å². The number of imidazole rings is 1. The highest BCUT2D eigenvalue weighted by atomic mass is 16.1. The SMILES string of the molecule is CC(C)(C)Cc1nc2ccc(C(=O)C(C)(C)C)cc2[nH]1. The van der Waals surface area contributed by atoms with Crippen molar-refractivity contribution in [2.75, 3.05) is 0 Å². The smallest absolute Gasteiger partial charge is 0.168 e. The first-order valence-electron chi connectivity index (χ1n) is 7.10. The summed E-state index contributed by atoms with van der Waals surface area (Å²) in [5.74, 6) is 1.14. The topological polar surface area (TPSA) is 45.8 Å². The van der Waals surface area contributed by atoms with E-state index in [-0.39, 0.29) is 16.6 Å². The molecule has 0 amide bonds. The lowest BCUT2D eigenvalue weighted by Crippen LogP contribution is -2.19. The molecule has 20 heavy (non-hydrogen) atoms. The van der Waals surface area contributed by atoms with E-state index in [1.54, 1.807) is 0 Å². The fourth-order valence-electron chi connectivity index (χ4n) is 2.22. The third-order valence-corrected chi connectivity index (χ3v) is 3.17. The van der Waals surface area contributed by atoms with Gasteiger partial charge in [-0.05, 0) is 23.6 Å². The van der Waals surface area contributed by atoms with Crippen LogP contribution in [0.3, 0.4) is 0 Å². The summed E-state index contributed by atoms with van der Waals surface area (Å²) >= 11 is 0. The van der Waals surface area contributed by atoms with Gasteiger partial charge < -0.3 is 4.98 Å². The summed E-state index contributed by atoms with van der Waals surface area (Å²) in [4.78, 5) is 20.2. The van der Waals surface area contributed by atoms with E-state index in [2.05, 4.69) is 30.7 Å². The first kappa shape index (κ1) is 14.8. The van der Waals surface area contributed by atoms with Crippen molar-refractivity contribution in [3.05, 3.63) is 29.6 Å². The Bertz CT molecular complexity index is 639. The number of aromatic nitrogens is 2. The lowest BCUT2D eigenvalue weighted by atomic mass is 9.86. The van der Waals surface area contributed by atoms with Crippen molar-refractivity contribution < 1.29 is 4.79 Å². The molecule has 0 spiro atoms. The Balaban J connectivity index is 2.38. The predicted molar refractivity (Wildman–Crippen MR) is 83.0 cm³/mol. The molecule has 0 bridgehead atoms. The molecule has 3 heteroatoms. The average Bonchev–Trinajstić information content (AvgIpc) is 2.64. The van der Waals surface area contributed by atoms with Crippen LogP contribution in [0.25, 0.3) is 11.0 Å². The molecule has 0 atom stereocenters. The van der Waals surface area contributed by atoms with Crippen molar-refractivity contribution in [1.82, 2.24) is 9.97 Å². The van der Waals surface area contributed by atoms with Gasteiger partial charge >= 0.3 is 0 Å². The van der Waals surface area contributed by atoms with Gasteiger partial charge in [-0.15, -0.1) is 0 Å². The Hall–Kier alpha value is -1.64. The average molecular weight is 272 g/mol. The number of rotatable bonds is 2. The van der Waals surface area contributed by atoms with Crippen LogP contribution in [0, 0.1) is 10.8 Å². The van der Waals surface area contributed by atoms with Gasteiger partial charge in [0.05, 0.1) is 11.0 Å². The standard InChI is InChI=1S/C17H24N2O/c1-16(2,3)10-14-18-12-8-7-11(9-13(12)19-14)15(20)17(4,5)6/h7-9H,10H2,1-6H3,(H,18,19). The number of carbonyl (C=O) groups is 1. The van der Waals surface area contributed by atoms with Crippen LogP contribution in [-0.2, 0) is 6.42 Å². The predicted octanol–water partition coefficient (Wildman–Crippen LogP) is 4.38. The number of hydrogen-bond donors (Lipinski definition) is 1. The van der Waals surface area contributed by atoms with Crippen molar-refractivity contribution in [3.63, 3.8) is 0 Å². The summed E-state index contributed by atoms with van der Waals surface area (Å²) in [7, 11) is 0. The van der Waals surface area contributed by atoms with Crippen LogP contribution in [0.2, 0.25) is 0 Å². The Morgan fingerprint density at radius 1 is 1.15 bits per heavy atom. The largest absolute Gasteiger partial charge is 0.342 e. The van der Waals surface area contributed by atoms with Crippen LogP contribution in [0.5, 0.6) is 0 Å². The van der Waals surface area contributed by atoms with Crippen molar-refractivity contribution >= 4 is 16.8 Å². The maximum absolute atomic E-state index is 12.3. The molecule has 1 heterocycles. The molecule has 2 rings (SSSR count). The highest BCUT2D eigenvalue weighted by Gasteiger charge is 2.23. The van der Waals surface area contributed by atoms with Gasteiger partial charge in [0.1, 0.15) is 5.82 Å². The summed E-state index contributed by atoms with van der Waals surface area (Å²) < 4.78 is 0. The van der Waals surface area contributed by atoms with Crippen LogP contribution in [-0.4, -0.2) is 15.8 Å². The summed E-state index contributed by atoms with van der Waals surface area (Å²) in [6.45, 7) is 12.4. The summed E-state index contributed by atoms with van der Waals surface area (Å²) in [5.41, 5.74) is 2.45. The summed E-state index contributed by atoms with van der Waals surface area (Å²) in [6.07, 6.45) is 0.893. The third-order valence-electron chi connectivity index (χ3n) is 3.17. The second kappa shape index (κ2) is 4.72. The van der Waals surface area contributed by atoms with Gasteiger partial charge in [0, 0.05) is 17.4 Å². The molecule has 108 valence electrons. The molecule has 0 saturated heterocycles. The lowest BCUT2D eigenvalue weighted by molar-refractivity contribution is 0.0858. The van der Waals surface area contributed by atoms with Crippen LogP contribution in [0.4, 0.5) is 0 Å². The molecule has 0 aliphatic rings. The van der Waals surface area contributed by atoms with E-state index in [1.807, 2.05) is 39.0 Å². The second-order valence-electron chi connectivity index (χ2n) is 7.73. The first-order valence-corrected chi connectivity index (χ1v) is 7.10. The number of hydrogen-bond acceptors (Lipinski definition) is 2. The van der Waals surface area contributed by atoms with Gasteiger partial charge in [-0.1, -0.05) is 41.5 Å². The van der Waals surface area contributed by atoms with Gasteiger partial charge in [-0.2, -0.15) is 0 Å². The van der Waals surface area contributed by atoms with E-state index < -0.39 is 0 Å². The Labute approximate surface area is 120 Å². The molecule has 0 aliphatic heterocycles. The number of Topliss-reactive ketones (excluding diaryl/α,β-unsaturated/α-hetero) is 1. The van der Waals surface area contributed by atoms with E-state index in [0.717, 1.165) is 28.8 Å². The quantitative estimate of drug-likeness (QED) is 0.825. The van der Waals surface area contributed by atoms with Gasteiger partial charge in [0.2, 0.25) is 0 Å². The molecule has 1 aromatic carbocycles. The van der Waals surface area contributed by atoms with Gasteiger partial charge in [-0.25, -0.2) is 4.98 Å². The Morgan fingerprint density at radius 2 is 1.80 bits per heavy atom. The van der Waals surface area contributed by atoms with Crippen molar-refractivity contribution in [2.24, 2.45) is 10.8 Å². The van der Waals surface area contributed by atoms with Crippen molar-refractivity contribution in [2.45, 2.75) is 48.0 Å². The molecule has 0 fully saturated rings. The maximum atomic E-state index is 12.3. The van der Waals surface area contributed by atoms with Crippen molar-refractivity contribution in [1.29, 1.82) is 0 Å². The van der Waals surface area contributed by atoms with E-state index >= 15 is 0 Å². The number of fused-ring (bicyclic) bond motifs is 1. The summed E-state index contributed by atoms with van der Waals surface area (Å²) in [6, 6.07) is 5.72. The molecular weight excluding hydrogens is 248 g/mol. The number of nitrogens with zero attached hydrogens (tertiary/aromatic N) is 1. The molecule has 3 nitrogen and oxygen atoms in total. The molecule has 1 N–H and O–H groups in total. The second-order valence-corrected chi connectivity index (χ2v) is 7.73. The molecule has 0 aliphatic carbocycles. The van der Waals surface area contributed by atoms with Crippen LogP contribution in [0.15, 0.2) is 18.2 Å². The Morgan fingerprint density at radius 3 is 2.35 bits per heavy atom. The summed E-state index contributed by atoms with van der Waals surface area (Å²) in [5, 5.41) is 0. The molecular formula is C17H24N2O. The van der Waals surface area contributed by atoms with E-state index in [9.17, 15) is 4.79 Å². The molecule has 1 aromatic heterocycles. The Kier molecular flexibility index (Phi) is 3.49. The zero-order chi connectivity index (χ0) is 15.1. The third kappa shape index (κ3) is 3.27. The molecule has 0 saturated carbocycles. The molecule has 0 unspecified atom stereocenters. The molecule has 0 radical (unpaired) electrons. The number of aromatic amines is 1. The first-order chi connectivity index (χ1) is 9.06. The number of carbonyl (C=O) groups excluding carboxylic acids is 1. The normalized spacial score (nSPS) is 12.9. The highest BCUT2D eigenvalue weighted by molar-refractivity contribution is 6.02. The highest BCUT2D eigenvalue weighted by Crippen LogP contribution is 2.25. The van der Waals surface area contributed by atoms with Crippen LogP contribution >= 0.6 is 0 Å². The monoisotopic (exact) mass is 272 g/mol. The molecule has 2 aromatic rings. The van der Waals surface area contributed by atoms with E-state index in [4.69, 9.17) is 0 Å². The fourth-order valence-corrected chi connectivity index (χ4v) is 2.22. The zero-order valence-electron chi connectivity index (χ0n) is 13.3. The number of nitrogens with one attached hydrogen (secondary N) is 1. The van der Waals surface area contributed by atoms with E-state index in [1.165, 1.54) is 0 Å². The maximum Gasteiger partial charge on any atom is 0.168 e. The van der Waals surface area contributed by atoms with Gasteiger partial charge in [0.25, 0.3) is 0 Å². The van der Waals surface area contributed by atoms with Gasteiger partial charge in [-0.3, -0.25) is 4.79 Å². The minimum atomic E-state index is -0.359. The number of benzene rings is 1. The minimum Gasteiger partial charge on any atom is -0.342 e. The van der Waals surface area contributed by atoms with E-state index in [0.29, 0.717) is 0 Å². The zero-order valence-corrected chi connectivity index (χ0v) is 13.3. The fraction of sp³-hybridized carbons (Fsp3) is 0.529. The van der Waals surface area contributed by atoms with Crippen molar-refractivity contribution in [3.8, 4) is 0 Å². The lowest BCUT2D eigenvalue weighted by Gasteiger charge is -2.16. The number of ketones is 1. The number of H-pyrrole nitrogens is 1. The van der Waals surface area contributed by atoms with Crippen LogP contribution in [0.1, 0.15) is 57.7 Å². The van der Waals surface area contributed by atoms with Crippen LogP contribution < -0.4 is 0 Å².